The van der Waals surface area contributed by atoms with Gasteiger partial charge in [0.2, 0.25) is 15.9 Å². The fraction of sp³-hybridized carbons (Fsp3) is 0.480. The third-order valence-corrected chi connectivity index (χ3v) is 8.33. The summed E-state index contributed by atoms with van der Waals surface area (Å²) in [6.45, 7) is 4.43. The van der Waals surface area contributed by atoms with Gasteiger partial charge in [-0.1, -0.05) is 48.9 Å². The molecule has 2 aromatic rings. The maximum Gasteiger partial charge on any atom is 0.243 e. The summed E-state index contributed by atoms with van der Waals surface area (Å²) in [5.41, 5.74) is 2.36. The van der Waals surface area contributed by atoms with Crippen molar-refractivity contribution in [2.45, 2.75) is 50.1 Å². The highest BCUT2D eigenvalue weighted by molar-refractivity contribution is 7.89. The Balaban J connectivity index is 1.32. The number of hydrogen-bond acceptors (Lipinski definition) is 4. The fourth-order valence-electron chi connectivity index (χ4n) is 4.66. The Morgan fingerprint density at radius 2 is 1.66 bits per heavy atom. The van der Waals surface area contributed by atoms with Crippen molar-refractivity contribution in [3.8, 4) is 0 Å². The lowest BCUT2D eigenvalue weighted by Crippen LogP contribution is -2.45. The Bertz CT molecular complexity index is 1000. The van der Waals surface area contributed by atoms with E-state index in [1.807, 2.05) is 6.07 Å². The Labute approximate surface area is 191 Å². The molecule has 0 spiro atoms. The second-order valence-corrected chi connectivity index (χ2v) is 10.8. The predicted molar refractivity (Wildman–Crippen MR) is 125 cm³/mol. The lowest BCUT2D eigenvalue weighted by Gasteiger charge is -2.31. The Morgan fingerprint density at radius 3 is 2.44 bits per heavy atom. The van der Waals surface area contributed by atoms with Gasteiger partial charge in [0.1, 0.15) is 0 Å². The molecule has 0 saturated carbocycles. The van der Waals surface area contributed by atoms with Crippen LogP contribution in [0.4, 0.5) is 0 Å². The largest absolute Gasteiger partial charge is 0.352 e. The summed E-state index contributed by atoms with van der Waals surface area (Å²) >= 11 is 0. The Morgan fingerprint density at radius 1 is 0.906 bits per heavy atom. The highest BCUT2D eigenvalue weighted by Crippen LogP contribution is 2.24. The van der Waals surface area contributed by atoms with Gasteiger partial charge < -0.3 is 5.32 Å². The molecule has 0 unspecified atom stereocenters. The third kappa shape index (κ3) is 5.77. The van der Waals surface area contributed by atoms with E-state index in [1.54, 1.807) is 30.3 Å². The molecule has 2 saturated heterocycles. The first-order valence-corrected chi connectivity index (χ1v) is 13.1. The van der Waals surface area contributed by atoms with Gasteiger partial charge in [0.05, 0.1) is 10.8 Å². The minimum Gasteiger partial charge on any atom is -0.352 e. The molecule has 2 heterocycles. The summed E-state index contributed by atoms with van der Waals surface area (Å²) in [5, 5.41) is 3.04. The van der Waals surface area contributed by atoms with Gasteiger partial charge in [-0.25, -0.2) is 8.42 Å². The SMILES string of the molecule is O=C(NCc1cccc(CN2CCCCC2)c1)[C@@H]1CCCN(S(=O)(=O)c2ccccc2)C1. The molecule has 32 heavy (non-hydrogen) atoms. The van der Waals surface area contributed by atoms with Gasteiger partial charge in [-0.05, 0) is 62.0 Å². The molecule has 2 aromatic carbocycles. The summed E-state index contributed by atoms with van der Waals surface area (Å²) in [6, 6.07) is 16.9. The minimum absolute atomic E-state index is 0.0700. The maximum atomic E-state index is 12.9. The quantitative estimate of drug-likeness (QED) is 0.695. The fourth-order valence-corrected chi connectivity index (χ4v) is 6.21. The standard InChI is InChI=1S/C25H33N3O3S/c29-25(23-11-8-16-28(20-23)32(30,31)24-12-3-1-4-13-24)26-18-21-9-7-10-22(17-21)19-27-14-5-2-6-15-27/h1,3-4,7,9-10,12-13,17,23H,2,5-6,8,11,14-16,18-20H2,(H,26,29)/t23-/m1/s1. The zero-order valence-corrected chi connectivity index (χ0v) is 19.4. The number of hydrogen-bond donors (Lipinski definition) is 1. The smallest absolute Gasteiger partial charge is 0.243 e. The van der Waals surface area contributed by atoms with Crippen molar-refractivity contribution in [2.24, 2.45) is 5.92 Å². The van der Waals surface area contributed by atoms with Crippen molar-refractivity contribution in [1.29, 1.82) is 0 Å². The summed E-state index contributed by atoms with van der Waals surface area (Å²) in [6.07, 6.45) is 5.27. The average Bonchev–Trinajstić information content (AvgIpc) is 2.84. The Hall–Kier alpha value is -2.22. The van der Waals surface area contributed by atoms with Crippen molar-refractivity contribution >= 4 is 15.9 Å². The minimum atomic E-state index is -3.57. The lowest BCUT2D eigenvalue weighted by atomic mass is 9.98. The molecule has 1 atom stereocenters. The van der Waals surface area contributed by atoms with E-state index in [0.717, 1.165) is 25.2 Å². The van der Waals surface area contributed by atoms with Crippen LogP contribution in [-0.2, 0) is 27.9 Å². The molecule has 0 radical (unpaired) electrons. The number of nitrogens with zero attached hydrogens (tertiary/aromatic N) is 2. The van der Waals surface area contributed by atoms with Crippen molar-refractivity contribution in [2.75, 3.05) is 26.2 Å². The topological polar surface area (TPSA) is 69.7 Å². The molecule has 4 rings (SSSR count). The van der Waals surface area contributed by atoms with Crippen LogP contribution in [0.5, 0.6) is 0 Å². The predicted octanol–water partition coefficient (Wildman–Crippen LogP) is 3.39. The van der Waals surface area contributed by atoms with Crippen LogP contribution in [0, 0.1) is 5.92 Å². The molecule has 7 heteroatoms. The lowest BCUT2D eigenvalue weighted by molar-refractivity contribution is -0.126. The summed E-state index contributed by atoms with van der Waals surface area (Å²) in [7, 11) is -3.57. The number of nitrogens with one attached hydrogen (secondary N) is 1. The monoisotopic (exact) mass is 455 g/mol. The molecule has 0 bridgehead atoms. The van der Waals surface area contributed by atoms with Crippen molar-refractivity contribution in [1.82, 2.24) is 14.5 Å². The average molecular weight is 456 g/mol. The highest BCUT2D eigenvalue weighted by atomic mass is 32.2. The molecular weight excluding hydrogens is 422 g/mol. The number of piperidine rings is 2. The van der Waals surface area contributed by atoms with Crippen molar-refractivity contribution in [3.63, 3.8) is 0 Å². The highest BCUT2D eigenvalue weighted by Gasteiger charge is 2.33. The van der Waals surface area contributed by atoms with Crippen LogP contribution in [0.15, 0.2) is 59.5 Å². The number of rotatable bonds is 7. The normalized spacial score (nSPS) is 20.7. The molecule has 2 fully saturated rings. The van der Waals surface area contributed by atoms with E-state index in [9.17, 15) is 13.2 Å². The van der Waals surface area contributed by atoms with Gasteiger partial charge in [0.15, 0.2) is 0 Å². The first-order chi connectivity index (χ1) is 15.5. The van der Waals surface area contributed by atoms with Crippen LogP contribution >= 0.6 is 0 Å². The molecule has 0 aliphatic carbocycles. The molecule has 2 aliphatic rings. The molecule has 0 aromatic heterocycles. The number of likely N-dealkylation sites (tertiary alicyclic amines) is 1. The van der Waals surface area contributed by atoms with Crippen molar-refractivity contribution in [3.05, 3.63) is 65.7 Å². The van der Waals surface area contributed by atoms with E-state index in [1.165, 1.54) is 29.1 Å². The molecule has 6 nitrogen and oxygen atoms in total. The van der Waals surface area contributed by atoms with Gasteiger partial charge in [0, 0.05) is 26.2 Å². The second kappa shape index (κ2) is 10.6. The number of carbonyl (C=O) groups is 1. The van der Waals surface area contributed by atoms with Crippen LogP contribution in [0.1, 0.15) is 43.2 Å². The van der Waals surface area contributed by atoms with Crippen LogP contribution in [0.2, 0.25) is 0 Å². The number of sulfonamides is 1. The summed E-state index contributed by atoms with van der Waals surface area (Å²) < 4.78 is 27.3. The zero-order chi connectivity index (χ0) is 22.4. The van der Waals surface area contributed by atoms with E-state index in [0.29, 0.717) is 25.9 Å². The molecule has 2 aliphatic heterocycles. The van der Waals surface area contributed by atoms with Gasteiger partial charge in [-0.3, -0.25) is 9.69 Å². The zero-order valence-electron chi connectivity index (χ0n) is 18.6. The molecule has 1 amide bonds. The van der Waals surface area contributed by atoms with Crippen LogP contribution in [0.3, 0.4) is 0 Å². The first kappa shape index (κ1) is 23.0. The molecular formula is C25H33N3O3S. The number of benzene rings is 2. The van der Waals surface area contributed by atoms with Crippen LogP contribution in [-0.4, -0.2) is 49.7 Å². The molecule has 172 valence electrons. The van der Waals surface area contributed by atoms with E-state index < -0.39 is 10.0 Å². The van der Waals surface area contributed by atoms with Crippen molar-refractivity contribution < 1.29 is 13.2 Å². The summed E-state index contributed by atoms with van der Waals surface area (Å²) in [5.74, 6) is -0.391. The van der Waals surface area contributed by atoms with Gasteiger partial charge in [-0.15, -0.1) is 0 Å². The molecule has 1 N–H and O–H groups in total. The van der Waals surface area contributed by atoms with Crippen LogP contribution in [0.25, 0.3) is 0 Å². The maximum absolute atomic E-state index is 12.9. The van der Waals surface area contributed by atoms with Gasteiger partial charge in [-0.2, -0.15) is 4.31 Å². The van der Waals surface area contributed by atoms with E-state index in [2.05, 4.69) is 28.4 Å². The van der Waals surface area contributed by atoms with Gasteiger partial charge in [0.25, 0.3) is 0 Å². The number of amides is 1. The van der Waals surface area contributed by atoms with Crippen LogP contribution < -0.4 is 5.32 Å². The summed E-state index contributed by atoms with van der Waals surface area (Å²) in [4.78, 5) is 15.6. The second-order valence-electron chi connectivity index (χ2n) is 8.89. The van der Waals surface area contributed by atoms with Gasteiger partial charge >= 0.3 is 0 Å². The number of carbonyl (C=O) groups excluding carboxylic acids is 1. The third-order valence-electron chi connectivity index (χ3n) is 6.45. The first-order valence-electron chi connectivity index (χ1n) is 11.7. The van der Waals surface area contributed by atoms with E-state index in [-0.39, 0.29) is 23.3 Å². The van der Waals surface area contributed by atoms with E-state index in [4.69, 9.17) is 0 Å². The van der Waals surface area contributed by atoms with E-state index >= 15 is 0 Å². The Kier molecular flexibility index (Phi) is 7.60.